The number of alkyl halides is 6. The first-order valence-electron chi connectivity index (χ1n) is 5.50. The van der Waals surface area contributed by atoms with E-state index in [9.17, 15) is 4.57 Å². The second kappa shape index (κ2) is 12.3. The second-order valence-electron chi connectivity index (χ2n) is 3.59. The van der Waals surface area contributed by atoms with Crippen LogP contribution in [0.2, 0.25) is 0 Å². The smallest absolute Gasteiger partial charge is 0.285 e. The second-order valence-corrected chi connectivity index (χ2v) is 8.04. The van der Waals surface area contributed by atoms with E-state index < -0.39 is 24.0 Å². The molecule has 0 heterocycles. The molecular formula is C9H15Cl6O4P. The van der Waals surface area contributed by atoms with Crippen LogP contribution >= 0.6 is 77.4 Å². The van der Waals surface area contributed by atoms with Crippen molar-refractivity contribution in [3.05, 3.63) is 0 Å². The van der Waals surface area contributed by atoms with Gasteiger partial charge in [-0.15, -0.1) is 69.6 Å². The third-order valence-corrected chi connectivity index (χ3v) is 5.57. The van der Waals surface area contributed by atoms with Crippen molar-refractivity contribution in [3.63, 3.8) is 0 Å². The van der Waals surface area contributed by atoms with Crippen LogP contribution in [0.15, 0.2) is 0 Å². The van der Waals surface area contributed by atoms with E-state index in [2.05, 4.69) is 0 Å². The Labute approximate surface area is 148 Å². The third kappa shape index (κ3) is 10.6. The molecule has 0 radical (unpaired) electrons. The van der Waals surface area contributed by atoms with Gasteiger partial charge in [-0.1, -0.05) is 0 Å². The van der Waals surface area contributed by atoms with E-state index >= 15 is 0 Å². The molecule has 0 fully saturated rings. The highest BCUT2D eigenvalue weighted by molar-refractivity contribution is 7.48. The summed E-state index contributed by atoms with van der Waals surface area (Å²) in [5.74, 6) is 0.379. The van der Waals surface area contributed by atoms with Gasteiger partial charge >= 0.3 is 7.82 Å². The molecule has 11 heteroatoms. The summed E-state index contributed by atoms with van der Waals surface area (Å²) >= 11 is 33.9. The standard InChI is InChI=1S/C9H15Cl6O4P/c10-1-7(13)4-17-20(16,18-5-8(14)2-11)19-6-9(15)3-12/h7-9H,1-6H2. The van der Waals surface area contributed by atoms with Crippen LogP contribution in [0.25, 0.3) is 0 Å². The normalized spacial score (nSPS) is 19.3. The Hall–Kier alpha value is 1.85. The summed E-state index contributed by atoms with van der Waals surface area (Å²) in [6.07, 6.45) is 0. The van der Waals surface area contributed by atoms with Crippen molar-refractivity contribution >= 4 is 77.4 Å². The molecule has 0 aromatic carbocycles. The summed E-state index contributed by atoms with van der Waals surface area (Å²) in [5, 5.41) is -1.59. The summed E-state index contributed by atoms with van der Waals surface area (Å²) in [6, 6.07) is 0. The van der Waals surface area contributed by atoms with Gasteiger partial charge in [-0.05, 0) is 0 Å². The Morgan fingerprint density at radius 2 is 0.950 bits per heavy atom. The molecule has 0 aromatic heterocycles. The Kier molecular flexibility index (Phi) is 13.4. The molecule has 0 aliphatic heterocycles. The molecule has 0 aliphatic carbocycles. The first-order valence-corrected chi connectivity index (χ1v) is 9.88. The summed E-state index contributed by atoms with van der Waals surface area (Å²) < 4.78 is 27.5. The average molecular weight is 431 g/mol. The Bertz CT molecular complexity index is 255. The first-order chi connectivity index (χ1) is 9.36. The van der Waals surface area contributed by atoms with E-state index in [1.54, 1.807) is 0 Å². The Balaban J connectivity index is 4.45. The lowest BCUT2D eigenvalue weighted by atomic mass is 10.5. The molecule has 0 rings (SSSR count). The van der Waals surface area contributed by atoms with Crippen molar-refractivity contribution in [1.82, 2.24) is 0 Å². The highest BCUT2D eigenvalue weighted by Gasteiger charge is 2.30. The number of hydrogen-bond donors (Lipinski definition) is 0. The highest BCUT2D eigenvalue weighted by Crippen LogP contribution is 2.50. The largest absolute Gasteiger partial charge is 0.474 e. The van der Waals surface area contributed by atoms with Crippen LogP contribution in [-0.2, 0) is 18.1 Å². The van der Waals surface area contributed by atoms with Gasteiger partial charge in [0.05, 0.1) is 36.0 Å². The van der Waals surface area contributed by atoms with Crippen molar-refractivity contribution in [3.8, 4) is 0 Å². The zero-order chi connectivity index (χ0) is 15.6. The van der Waals surface area contributed by atoms with Crippen molar-refractivity contribution in [2.75, 3.05) is 37.5 Å². The van der Waals surface area contributed by atoms with E-state index in [1.165, 1.54) is 0 Å². The maximum atomic E-state index is 12.3. The van der Waals surface area contributed by atoms with Gasteiger partial charge in [0.2, 0.25) is 0 Å². The van der Waals surface area contributed by atoms with Crippen LogP contribution in [0, 0.1) is 0 Å². The SMILES string of the molecule is O=P(OCC(Cl)CCl)(OCC(Cl)CCl)OCC(Cl)CCl. The molecule has 0 bridgehead atoms. The van der Waals surface area contributed by atoms with Crippen molar-refractivity contribution < 1.29 is 18.1 Å². The molecule has 0 N–H and O–H groups in total. The topological polar surface area (TPSA) is 44.8 Å². The molecule has 0 aromatic rings. The van der Waals surface area contributed by atoms with E-state index in [-0.39, 0.29) is 37.5 Å². The lowest BCUT2D eigenvalue weighted by Gasteiger charge is -2.20. The van der Waals surface area contributed by atoms with Gasteiger partial charge in [0, 0.05) is 17.6 Å². The minimum Gasteiger partial charge on any atom is -0.285 e. The number of halogens is 6. The first kappa shape index (κ1) is 21.9. The number of hydrogen-bond acceptors (Lipinski definition) is 4. The number of phosphoric acid groups is 1. The molecule has 3 unspecified atom stereocenters. The molecule has 122 valence electrons. The predicted molar refractivity (Wildman–Crippen MR) is 86.5 cm³/mol. The lowest BCUT2D eigenvalue weighted by molar-refractivity contribution is 0.115. The zero-order valence-electron chi connectivity index (χ0n) is 10.3. The molecule has 0 spiro atoms. The van der Waals surface area contributed by atoms with Crippen LogP contribution in [0.3, 0.4) is 0 Å². The van der Waals surface area contributed by atoms with Crippen LogP contribution in [-0.4, -0.2) is 53.6 Å². The van der Waals surface area contributed by atoms with Crippen molar-refractivity contribution in [2.24, 2.45) is 0 Å². The van der Waals surface area contributed by atoms with Crippen LogP contribution in [0.4, 0.5) is 0 Å². The minimum absolute atomic E-state index is 0.107. The summed E-state index contributed by atoms with van der Waals surface area (Å²) in [5.41, 5.74) is 0. The molecule has 0 saturated heterocycles. The van der Waals surface area contributed by atoms with Crippen molar-refractivity contribution in [1.29, 1.82) is 0 Å². The maximum Gasteiger partial charge on any atom is 0.474 e. The predicted octanol–water partition coefficient (Wildman–Crippen LogP) is 4.68. The van der Waals surface area contributed by atoms with Gasteiger partial charge in [0.1, 0.15) is 0 Å². The quantitative estimate of drug-likeness (QED) is 0.333. The van der Waals surface area contributed by atoms with Crippen LogP contribution in [0.5, 0.6) is 0 Å². The lowest BCUT2D eigenvalue weighted by Crippen LogP contribution is -2.17. The fourth-order valence-electron chi connectivity index (χ4n) is 0.762. The third-order valence-electron chi connectivity index (χ3n) is 1.74. The number of rotatable bonds is 12. The maximum absolute atomic E-state index is 12.3. The Morgan fingerprint density at radius 1 is 0.700 bits per heavy atom. The molecule has 4 nitrogen and oxygen atoms in total. The monoisotopic (exact) mass is 428 g/mol. The van der Waals surface area contributed by atoms with Gasteiger partial charge in [0.15, 0.2) is 0 Å². The number of phosphoric ester groups is 1. The zero-order valence-corrected chi connectivity index (χ0v) is 15.8. The molecular weight excluding hydrogens is 416 g/mol. The van der Waals surface area contributed by atoms with Gasteiger partial charge in [-0.2, -0.15) is 0 Å². The molecule has 0 amide bonds. The summed E-state index contributed by atoms with van der Waals surface area (Å²) in [6.45, 7) is -0.321. The van der Waals surface area contributed by atoms with E-state index in [0.29, 0.717) is 0 Å². The van der Waals surface area contributed by atoms with E-state index in [0.717, 1.165) is 0 Å². The van der Waals surface area contributed by atoms with Gasteiger partial charge in [0.25, 0.3) is 0 Å². The van der Waals surface area contributed by atoms with Crippen molar-refractivity contribution in [2.45, 2.75) is 16.1 Å². The molecule has 0 aliphatic rings. The van der Waals surface area contributed by atoms with Crippen LogP contribution in [0.1, 0.15) is 0 Å². The van der Waals surface area contributed by atoms with E-state index in [4.69, 9.17) is 83.2 Å². The summed E-state index contributed by atoms with van der Waals surface area (Å²) in [7, 11) is -3.85. The minimum atomic E-state index is -3.85. The fraction of sp³-hybridized carbons (Fsp3) is 1.00. The fourth-order valence-corrected chi connectivity index (χ4v) is 2.79. The van der Waals surface area contributed by atoms with E-state index in [1.807, 2.05) is 0 Å². The van der Waals surface area contributed by atoms with Crippen LogP contribution < -0.4 is 0 Å². The van der Waals surface area contributed by atoms with Gasteiger partial charge < -0.3 is 0 Å². The molecule has 20 heavy (non-hydrogen) atoms. The summed E-state index contributed by atoms with van der Waals surface area (Å²) in [4.78, 5) is 0. The molecule has 0 saturated carbocycles. The average Bonchev–Trinajstić information content (AvgIpc) is 2.47. The molecule has 3 atom stereocenters. The Morgan fingerprint density at radius 3 is 1.15 bits per heavy atom. The van der Waals surface area contributed by atoms with Gasteiger partial charge in [-0.3, -0.25) is 13.6 Å². The van der Waals surface area contributed by atoms with Gasteiger partial charge in [-0.25, -0.2) is 4.57 Å². The highest BCUT2D eigenvalue weighted by atomic mass is 35.5.